The van der Waals surface area contributed by atoms with Gasteiger partial charge in [-0.15, -0.1) is 0 Å². The number of nitrogens with one attached hydrogen (secondary N) is 2. The quantitative estimate of drug-likeness (QED) is 0.113. The number of Topliss-reactive ketones (excluding diaryl/α,β-unsaturated/α-hetero) is 1. The lowest BCUT2D eigenvalue weighted by Gasteiger charge is -2.35. The predicted octanol–water partition coefficient (Wildman–Crippen LogP) is 3.68. The number of hydrogen-bond acceptors (Lipinski definition) is 10. The maximum Gasteiger partial charge on any atom is 0.220 e. The van der Waals surface area contributed by atoms with Crippen LogP contribution in [0.25, 0.3) is 0 Å². The Morgan fingerprint density at radius 1 is 0.804 bits per heavy atom. The molecule has 0 bridgehead atoms. The monoisotopic (exact) mass is 658 g/mol. The second-order valence-electron chi connectivity index (χ2n) is 12.8. The van der Waals surface area contributed by atoms with Gasteiger partial charge in [0.25, 0.3) is 0 Å². The fraction of sp³-hybridized carbons (Fsp3) is 0.912. The number of aliphatic hydroxyl groups is 2. The number of amides is 2. The van der Waals surface area contributed by atoms with Crippen molar-refractivity contribution >= 4 is 17.6 Å². The van der Waals surface area contributed by atoms with Gasteiger partial charge in [0.1, 0.15) is 12.2 Å². The molecule has 12 nitrogen and oxygen atoms in total. The van der Waals surface area contributed by atoms with Crippen molar-refractivity contribution in [2.45, 2.75) is 173 Å². The molecule has 12 heteroatoms. The van der Waals surface area contributed by atoms with E-state index in [2.05, 4.69) is 17.6 Å². The van der Waals surface area contributed by atoms with Crippen LogP contribution < -0.4 is 10.6 Å². The van der Waals surface area contributed by atoms with E-state index in [9.17, 15) is 24.6 Å². The first kappa shape index (κ1) is 40.5. The van der Waals surface area contributed by atoms with Crippen LogP contribution in [-0.2, 0) is 38.1 Å². The summed E-state index contributed by atoms with van der Waals surface area (Å²) in [7, 11) is 1.66. The largest absolute Gasteiger partial charge is 0.390 e. The van der Waals surface area contributed by atoms with Gasteiger partial charge in [0.2, 0.25) is 11.8 Å². The Morgan fingerprint density at radius 2 is 1.48 bits per heavy atom. The molecule has 2 fully saturated rings. The number of hydrogen-bond donors (Lipinski definition) is 4. The Labute approximate surface area is 276 Å². The Kier molecular flexibility index (Phi) is 20.8. The first-order chi connectivity index (χ1) is 22.1. The molecule has 0 spiro atoms. The van der Waals surface area contributed by atoms with E-state index in [0.717, 1.165) is 32.1 Å². The van der Waals surface area contributed by atoms with Gasteiger partial charge in [0.15, 0.2) is 18.4 Å². The minimum atomic E-state index is -0.866. The summed E-state index contributed by atoms with van der Waals surface area (Å²) in [5.74, 6) is -0.0973. The molecular formula is C34H62N2O10. The number of ether oxygens (including phenoxy) is 5. The molecule has 0 aromatic rings. The summed E-state index contributed by atoms with van der Waals surface area (Å²) in [6, 6.07) is -0.506. The van der Waals surface area contributed by atoms with Gasteiger partial charge >= 0.3 is 0 Å². The zero-order valence-corrected chi connectivity index (χ0v) is 28.7. The zero-order chi connectivity index (χ0) is 33.7. The van der Waals surface area contributed by atoms with Gasteiger partial charge in [0, 0.05) is 52.6 Å². The van der Waals surface area contributed by atoms with Crippen LogP contribution in [0.4, 0.5) is 0 Å². The number of ketones is 1. The van der Waals surface area contributed by atoms with Crippen molar-refractivity contribution in [2.24, 2.45) is 0 Å². The highest BCUT2D eigenvalue weighted by Crippen LogP contribution is 2.23. The third-order valence-electron chi connectivity index (χ3n) is 8.67. The van der Waals surface area contributed by atoms with Crippen LogP contribution in [0.5, 0.6) is 0 Å². The molecule has 2 saturated heterocycles. The molecule has 2 amide bonds. The van der Waals surface area contributed by atoms with Gasteiger partial charge in [0.05, 0.1) is 24.4 Å². The van der Waals surface area contributed by atoms with Gasteiger partial charge in [-0.2, -0.15) is 0 Å². The number of methoxy groups -OCH3 is 1. The molecule has 46 heavy (non-hydrogen) atoms. The van der Waals surface area contributed by atoms with E-state index in [1.54, 1.807) is 14.0 Å². The van der Waals surface area contributed by atoms with E-state index in [0.29, 0.717) is 84.0 Å². The van der Waals surface area contributed by atoms with Crippen LogP contribution in [0.15, 0.2) is 0 Å². The van der Waals surface area contributed by atoms with Crippen LogP contribution in [0.1, 0.15) is 124 Å². The lowest BCUT2D eigenvalue weighted by atomic mass is 10.00. The lowest BCUT2D eigenvalue weighted by Crippen LogP contribution is -2.47. The molecule has 2 heterocycles. The van der Waals surface area contributed by atoms with Crippen LogP contribution in [0, 0.1) is 0 Å². The van der Waals surface area contributed by atoms with Crippen LogP contribution >= 0.6 is 0 Å². The molecule has 2 aliphatic heterocycles. The third-order valence-corrected chi connectivity index (χ3v) is 8.67. The van der Waals surface area contributed by atoms with Crippen molar-refractivity contribution in [3.05, 3.63) is 0 Å². The summed E-state index contributed by atoms with van der Waals surface area (Å²) in [4.78, 5) is 37.9. The molecule has 0 saturated carbocycles. The number of carbonyl (C=O) groups is 3. The SMILES string of the molecule is CCCCCC(=O)[C@@H](CCCCNC(=O)CCCCOC1OC(C)C(O)CC1O)NC(=O)CCCCOC1OC(C)CCC1OC. The van der Waals surface area contributed by atoms with Crippen molar-refractivity contribution in [3.63, 3.8) is 0 Å². The fourth-order valence-corrected chi connectivity index (χ4v) is 5.66. The maximum absolute atomic E-state index is 12.9. The van der Waals surface area contributed by atoms with Crippen molar-refractivity contribution in [1.82, 2.24) is 10.6 Å². The van der Waals surface area contributed by atoms with Gasteiger partial charge in [-0.3, -0.25) is 14.4 Å². The second kappa shape index (κ2) is 23.6. The average Bonchev–Trinajstić information content (AvgIpc) is 3.02. The smallest absolute Gasteiger partial charge is 0.220 e. The summed E-state index contributed by atoms with van der Waals surface area (Å²) in [5.41, 5.74) is 0. The average molecular weight is 659 g/mol. The van der Waals surface area contributed by atoms with Gasteiger partial charge in [-0.05, 0) is 78.1 Å². The van der Waals surface area contributed by atoms with E-state index < -0.39 is 30.6 Å². The Morgan fingerprint density at radius 3 is 2.17 bits per heavy atom. The second-order valence-corrected chi connectivity index (χ2v) is 12.8. The van der Waals surface area contributed by atoms with Crippen molar-refractivity contribution in [2.75, 3.05) is 26.9 Å². The molecular weight excluding hydrogens is 596 g/mol. The van der Waals surface area contributed by atoms with Crippen molar-refractivity contribution < 1.29 is 48.3 Å². The molecule has 7 unspecified atom stereocenters. The molecule has 0 aliphatic carbocycles. The van der Waals surface area contributed by atoms with Crippen LogP contribution in [0.3, 0.4) is 0 Å². The molecule has 268 valence electrons. The van der Waals surface area contributed by atoms with E-state index in [1.165, 1.54) is 0 Å². The summed E-state index contributed by atoms with van der Waals surface area (Å²) in [5, 5.41) is 25.6. The highest BCUT2D eigenvalue weighted by Gasteiger charge is 2.34. The topological polar surface area (TPSA) is 162 Å². The summed E-state index contributed by atoms with van der Waals surface area (Å²) in [6.45, 7) is 7.21. The molecule has 0 aromatic heterocycles. The predicted molar refractivity (Wildman–Crippen MR) is 173 cm³/mol. The summed E-state index contributed by atoms with van der Waals surface area (Å²) in [6.07, 6.45) is 7.65. The van der Waals surface area contributed by atoms with Crippen LogP contribution in [0.2, 0.25) is 0 Å². The van der Waals surface area contributed by atoms with E-state index in [-0.39, 0.29) is 42.5 Å². The molecule has 2 aliphatic rings. The number of rotatable bonds is 24. The fourth-order valence-electron chi connectivity index (χ4n) is 5.66. The summed E-state index contributed by atoms with van der Waals surface area (Å²) >= 11 is 0. The molecule has 8 atom stereocenters. The maximum atomic E-state index is 12.9. The Balaban J connectivity index is 1.60. The van der Waals surface area contributed by atoms with Gasteiger partial charge in [-0.1, -0.05) is 19.8 Å². The van der Waals surface area contributed by atoms with Crippen molar-refractivity contribution in [3.8, 4) is 0 Å². The van der Waals surface area contributed by atoms with Crippen LogP contribution in [-0.4, -0.2) is 104 Å². The number of carbonyl (C=O) groups excluding carboxylic acids is 3. The zero-order valence-electron chi connectivity index (χ0n) is 28.7. The highest BCUT2D eigenvalue weighted by molar-refractivity contribution is 5.89. The minimum Gasteiger partial charge on any atom is -0.390 e. The Hall–Kier alpha value is -1.67. The normalized spacial score (nSPS) is 27.2. The first-order valence-electron chi connectivity index (χ1n) is 17.7. The summed E-state index contributed by atoms with van der Waals surface area (Å²) < 4.78 is 28.3. The number of aliphatic hydroxyl groups excluding tert-OH is 2. The minimum absolute atomic E-state index is 0.0440. The molecule has 2 rings (SSSR count). The third kappa shape index (κ3) is 16.4. The highest BCUT2D eigenvalue weighted by atomic mass is 16.7. The van der Waals surface area contributed by atoms with E-state index in [4.69, 9.17) is 23.7 Å². The Bertz CT molecular complexity index is 862. The van der Waals surface area contributed by atoms with E-state index in [1.807, 2.05) is 6.92 Å². The molecule has 0 radical (unpaired) electrons. The molecule has 0 aromatic carbocycles. The van der Waals surface area contributed by atoms with E-state index >= 15 is 0 Å². The molecule has 4 N–H and O–H groups in total. The lowest BCUT2D eigenvalue weighted by molar-refractivity contribution is -0.261. The van der Waals surface area contributed by atoms with Crippen molar-refractivity contribution in [1.29, 1.82) is 0 Å². The first-order valence-corrected chi connectivity index (χ1v) is 17.7. The standard InChI is InChI=1S/C34H62N2O10/c1-5-6-7-15-27(37)26(36-32(41)17-10-13-22-44-34-30(42-4)19-18-24(2)45-34)14-8-11-20-35-31(40)16-9-12-21-43-33-29(39)23-28(38)25(3)46-33/h24-26,28-30,33-34,38-39H,5-23H2,1-4H3,(H,35,40)(H,36,41)/t24?,25?,26-,28?,29?,30?,33?,34?/m1/s1. The van der Waals surface area contributed by atoms with Gasteiger partial charge in [-0.25, -0.2) is 0 Å². The number of unbranched alkanes of at least 4 members (excludes halogenated alkanes) is 5. The van der Waals surface area contributed by atoms with Gasteiger partial charge < -0.3 is 44.5 Å².